The molecule has 2 heterocycles. The van der Waals surface area contributed by atoms with E-state index in [0.717, 1.165) is 38.7 Å². The van der Waals surface area contributed by atoms with Crippen molar-refractivity contribution in [2.24, 2.45) is 0 Å². The Bertz CT molecular complexity index is 1280. The fraction of sp³-hybridized carbons (Fsp3) is 0.0435. The normalized spacial score (nSPS) is 10.9. The summed E-state index contributed by atoms with van der Waals surface area (Å²) >= 11 is 0. The molecule has 140 valence electrons. The average Bonchev–Trinajstić information content (AvgIpc) is 3.33. The lowest BCUT2D eigenvalue weighted by atomic mass is 9.96. The van der Waals surface area contributed by atoms with Crippen LogP contribution >= 0.6 is 0 Å². The van der Waals surface area contributed by atoms with Gasteiger partial charge in [0.1, 0.15) is 0 Å². The zero-order chi connectivity index (χ0) is 19.6. The summed E-state index contributed by atoms with van der Waals surface area (Å²) in [6, 6.07) is 26.5. The zero-order valence-corrected chi connectivity index (χ0v) is 15.7. The molecule has 0 bridgehead atoms. The highest BCUT2D eigenvalue weighted by atomic mass is 16.5. The molecule has 2 aromatic heterocycles. The van der Waals surface area contributed by atoms with E-state index in [1.165, 1.54) is 0 Å². The van der Waals surface area contributed by atoms with E-state index in [1.807, 2.05) is 36.4 Å². The van der Waals surface area contributed by atoms with Crippen LogP contribution in [0, 0.1) is 0 Å². The monoisotopic (exact) mass is 379 g/mol. The third-order valence-corrected chi connectivity index (χ3v) is 4.90. The molecule has 1 N–H and O–H groups in total. The van der Waals surface area contributed by atoms with Crippen LogP contribution in [0.1, 0.15) is 0 Å². The van der Waals surface area contributed by atoms with Crippen LogP contribution in [-0.2, 0) is 0 Å². The maximum Gasteiger partial charge on any atom is 0.221 e. The van der Waals surface area contributed by atoms with Gasteiger partial charge in [-0.3, -0.25) is 0 Å². The number of nitrogens with zero attached hydrogens (tertiary/aromatic N) is 4. The van der Waals surface area contributed by atoms with Gasteiger partial charge in [-0.05, 0) is 34.0 Å². The molecule has 0 aliphatic rings. The molecular formula is C23H17N5O. The first-order valence-electron chi connectivity index (χ1n) is 9.21. The van der Waals surface area contributed by atoms with Gasteiger partial charge in [0.2, 0.25) is 11.7 Å². The Morgan fingerprint density at radius 1 is 0.759 bits per heavy atom. The van der Waals surface area contributed by atoms with Gasteiger partial charge in [-0.2, -0.15) is 5.21 Å². The van der Waals surface area contributed by atoms with Crippen molar-refractivity contribution in [1.82, 2.24) is 25.6 Å². The molecule has 0 aliphatic carbocycles. The van der Waals surface area contributed by atoms with E-state index in [9.17, 15) is 0 Å². The number of hydrogen-bond donors (Lipinski definition) is 1. The first kappa shape index (κ1) is 17.1. The largest absolute Gasteiger partial charge is 0.481 e. The lowest BCUT2D eigenvalue weighted by Crippen LogP contribution is -1.93. The molecule has 5 rings (SSSR count). The third kappa shape index (κ3) is 3.10. The number of tetrazole rings is 1. The topological polar surface area (TPSA) is 76.6 Å². The lowest BCUT2D eigenvalue weighted by Gasteiger charge is -2.11. The zero-order valence-electron chi connectivity index (χ0n) is 15.7. The number of aromatic amines is 1. The minimum Gasteiger partial charge on any atom is -0.481 e. The van der Waals surface area contributed by atoms with Crippen LogP contribution in [0.5, 0.6) is 5.88 Å². The van der Waals surface area contributed by atoms with Crippen LogP contribution in [0.15, 0.2) is 78.9 Å². The predicted octanol–water partition coefficient (Wildman–Crippen LogP) is 4.76. The number of ether oxygens (including phenoxy) is 1. The van der Waals surface area contributed by atoms with Gasteiger partial charge in [0, 0.05) is 16.5 Å². The van der Waals surface area contributed by atoms with Crippen molar-refractivity contribution in [3.8, 4) is 39.5 Å². The molecular weight excluding hydrogens is 362 g/mol. The summed E-state index contributed by atoms with van der Waals surface area (Å²) in [5, 5.41) is 15.5. The highest BCUT2D eigenvalue weighted by molar-refractivity contribution is 5.87. The van der Waals surface area contributed by atoms with Gasteiger partial charge < -0.3 is 4.74 Å². The van der Waals surface area contributed by atoms with Gasteiger partial charge >= 0.3 is 0 Å². The fourth-order valence-electron chi connectivity index (χ4n) is 3.50. The SMILES string of the molecule is COc1nc2ccccc2cc1-c1ccc(-c2ccccc2-c2nn[nH]n2)cc1. The fourth-order valence-corrected chi connectivity index (χ4v) is 3.50. The molecule has 0 saturated carbocycles. The van der Waals surface area contributed by atoms with E-state index in [1.54, 1.807) is 7.11 Å². The molecule has 0 aliphatic heterocycles. The Morgan fingerprint density at radius 2 is 1.45 bits per heavy atom. The number of fused-ring (bicyclic) bond motifs is 1. The molecule has 0 fully saturated rings. The van der Waals surface area contributed by atoms with Crippen LogP contribution in [0.2, 0.25) is 0 Å². The van der Waals surface area contributed by atoms with Gasteiger partial charge in [-0.1, -0.05) is 66.7 Å². The maximum absolute atomic E-state index is 5.55. The second kappa shape index (κ2) is 7.16. The highest BCUT2D eigenvalue weighted by Crippen LogP contribution is 2.34. The summed E-state index contributed by atoms with van der Waals surface area (Å²) in [6.45, 7) is 0. The van der Waals surface area contributed by atoms with E-state index in [2.05, 4.69) is 68.1 Å². The second-order valence-electron chi connectivity index (χ2n) is 6.60. The number of methoxy groups -OCH3 is 1. The Balaban J connectivity index is 1.58. The minimum absolute atomic E-state index is 0.574. The summed E-state index contributed by atoms with van der Waals surface area (Å²) in [6.07, 6.45) is 0. The molecule has 0 radical (unpaired) electrons. The van der Waals surface area contributed by atoms with Crippen LogP contribution in [0.4, 0.5) is 0 Å². The molecule has 0 spiro atoms. The summed E-state index contributed by atoms with van der Waals surface area (Å²) in [5.74, 6) is 1.19. The minimum atomic E-state index is 0.574. The number of benzene rings is 3. The van der Waals surface area contributed by atoms with E-state index in [4.69, 9.17) is 4.74 Å². The number of aromatic nitrogens is 5. The first-order valence-corrected chi connectivity index (χ1v) is 9.21. The molecule has 6 heteroatoms. The standard InChI is InChI=1S/C23H17N5O/c1-29-23-20(14-17-6-2-5-9-21(17)24-23)16-12-10-15(11-13-16)18-7-3-4-8-19(18)22-25-27-28-26-22/h2-14H,1H3,(H,25,26,27,28). The molecule has 0 unspecified atom stereocenters. The van der Waals surface area contributed by atoms with Crippen molar-refractivity contribution in [2.75, 3.05) is 7.11 Å². The average molecular weight is 379 g/mol. The van der Waals surface area contributed by atoms with Crippen molar-refractivity contribution in [1.29, 1.82) is 0 Å². The summed E-state index contributed by atoms with van der Waals surface area (Å²) in [7, 11) is 1.65. The van der Waals surface area contributed by atoms with Gasteiger partial charge in [0.05, 0.1) is 12.6 Å². The third-order valence-electron chi connectivity index (χ3n) is 4.90. The van der Waals surface area contributed by atoms with Gasteiger partial charge in [-0.15, -0.1) is 10.2 Å². The molecule has 0 atom stereocenters. The second-order valence-corrected chi connectivity index (χ2v) is 6.60. The Kier molecular flexibility index (Phi) is 4.22. The van der Waals surface area contributed by atoms with Gasteiger partial charge in [0.25, 0.3) is 0 Å². The number of pyridine rings is 1. The van der Waals surface area contributed by atoms with Crippen molar-refractivity contribution in [3.05, 3.63) is 78.9 Å². The molecule has 0 amide bonds. The lowest BCUT2D eigenvalue weighted by molar-refractivity contribution is 0.401. The van der Waals surface area contributed by atoms with Crippen LogP contribution in [0.25, 0.3) is 44.5 Å². The number of H-pyrrole nitrogens is 1. The van der Waals surface area contributed by atoms with Crippen molar-refractivity contribution in [2.45, 2.75) is 0 Å². The van der Waals surface area contributed by atoms with E-state index >= 15 is 0 Å². The first-order chi connectivity index (χ1) is 14.3. The Labute approximate surface area is 167 Å². The summed E-state index contributed by atoms with van der Waals surface area (Å²) < 4.78 is 5.55. The molecule has 6 nitrogen and oxygen atoms in total. The van der Waals surface area contributed by atoms with Gasteiger partial charge in [0.15, 0.2) is 0 Å². The van der Waals surface area contributed by atoms with Crippen LogP contribution in [0.3, 0.4) is 0 Å². The van der Waals surface area contributed by atoms with Crippen LogP contribution < -0.4 is 4.74 Å². The van der Waals surface area contributed by atoms with E-state index in [-0.39, 0.29) is 0 Å². The van der Waals surface area contributed by atoms with Crippen molar-refractivity contribution >= 4 is 10.9 Å². The van der Waals surface area contributed by atoms with Crippen molar-refractivity contribution in [3.63, 3.8) is 0 Å². The molecule has 3 aromatic carbocycles. The summed E-state index contributed by atoms with van der Waals surface area (Å²) in [5.41, 5.74) is 5.97. The number of rotatable bonds is 4. The van der Waals surface area contributed by atoms with Gasteiger partial charge in [-0.25, -0.2) is 4.98 Å². The number of para-hydroxylation sites is 1. The van der Waals surface area contributed by atoms with Crippen molar-refractivity contribution < 1.29 is 4.74 Å². The molecule has 0 saturated heterocycles. The van der Waals surface area contributed by atoms with E-state index in [0.29, 0.717) is 11.7 Å². The Morgan fingerprint density at radius 3 is 2.17 bits per heavy atom. The quantitative estimate of drug-likeness (QED) is 0.487. The smallest absolute Gasteiger partial charge is 0.221 e. The maximum atomic E-state index is 5.55. The number of hydrogen-bond acceptors (Lipinski definition) is 5. The number of nitrogens with one attached hydrogen (secondary N) is 1. The highest BCUT2D eigenvalue weighted by Gasteiger charge is 2.13. The molecule has 29 heavy (non-hydrogen) atoms. The summed E-state index contributed by atoms with van der Waals surface area (Å²) in [4.78, 5) is 4.65. The van der Waals surface area contributed by atoms with E-state index < -0.39 is 0 Å². The Hall–Kier alpha value is -4.06. The predicted molar refractivity (Wildman–Crippen MR) is 112 cm³/mol. The van der Waals surface area contributed by atoms with Crippen LogP contribution in [-0.4, -0.2) is 32.7 Å². The molecule has 5 aromatic rings.